The zero-order valence-electron chi connectivity index (χ0n) is 13.1. The molecule has 6 nitrogen and oxygen atoms in total. The maximum atomic E-state index is 13.6. The van der Waals surface area contributed by atoms with Crippen LogP contribution in [-0.4, -0.2) is 22.8 Å². The van der Waals surface area contributed by atoms with Crippen molar-refractivity contribution in [2.75, 3.05) is 17.2 Å². The van der Waals surface area contributed by atoms with E-state index in [1.165, 1.54) is 0 Å². The number of amides is 2. The first-order chi connectivity index (χ1) is 12.5. The summed E-state index contributed by atoms with van der Waals surface area (Å²) in [5.41, 5.74) is 0.0895. The lowest BCUT2D eigenvalue weighted by atomic mass is 10.2. The number of hydrogen-bond donors (Lipinski definition) is 3. The van der Waals surface area contributed by atoms with Crippen LogP contribution < -0.4 is 15.4 Å². The minimum atomic E-state index is -1.68. The minimum absolute atomic E-state index is 0.0714. The number of rotatable bonds is 4. The van der Waals surface area contributed by atoms with E-state index in [0.717, 1.165) is 6.07 Å². The van der Waals surface area contributed by atoms with Crippen LogP contribution in [-0.2, 0) is 0 Å². The van der Waals surface area contributed by atoms with E-state index in [1.54, 1.807) is 18.2 Å². The topological polar surface area (TPSA) is 79.0 Å². The Hall–Kier alpha value is -3.67. The van der Waals surface area contributed by atoms with Gasteiger partial charge in [0, 0.05) is 5.39 Å². The van der Waals surface area contributed by atoms with Crippen molar-refractivity contribution in [1.29, 1.82) is 0 Å². The monoisotopic (exact) mass is 360 g/mol. The van der Waals surface area contributed by atoms with Gasteiger partial charge >= 0.3 is 6.03 Å². The molecule has 0 saturated carbocycles. The largest absolute Gasteiger partial charge is 0.481 e. The van der Waals surface area contributed by atoms with E-state index in [2.05, 4.69) is 26.8 Å². The van der Waals surface area contributed by atoms with E-state index in [1.807, 2.05) is 0 Å². The molecule has 3 aromatic rings. The highest BCUT2D eigenvalue weighted by atomic mass is 19.2. The Morgan fingerprint density at radius 1 is 1.19 bits per heavy atom. The number of carbonyl (C=O) groups excluding carboxylic acids is 1. The lowest BCUT2D eigenvalue weighted by Gasteiger charge is -2.08. The third-order valence-electron chi connectivity index (χ3n) is 3.37. The Labute approximate surface area is 145 Å². The predicted octanol–water partition coefficient (Wildman–Crippen LogP) is 3.64. The number of H-pyrrole nitrogens is 1. The number of aromatic nitrogens is 2. The van der Waals surface area contributed by atoms with Crippen LogP contribution in [0.15, 0.2) is 30.3 Å². The maximum Gasteiger partial charge on any atom is 0.324 e. The van der Waals surface area contributed by atoms with E-state index in [9.17, 15) is 18.0 Å². The lowest BCUT2D eigenvalue weighted by molar-refractivity contribution is 0.262. The second-order valence-electron chi connectivity index (χ2n) is 5.07. The number of urea groups is 1. The number of nitrogens with one attached hydrogen (secondary N) is 3. The lowest BCUT2D eigenvalue weighted by Crippen LogP contribution is -2.21. The van der Waals surface area contributed by atoms with Gasteiger partial charge in [0.2, 0.25) is 0 Å². The van der Waals surface area contributed by atoms with Crippen LogP contribution >= 0.6 is 0 Å². The van der Waals surface area contributed by atoms with Crippen molar-refractivity contribution in [2.45, 2.75) is 0 Å². The van der Waals surface area contributed by atoms with E-state index in [4.69, 9.17) is 11.2 Å². The Morgan fingerprint density at radius 2 is 2.00 bits per heavy atom. The molecule has 0 fully saturated rings. The summed E-state index contributed by atoms with van der Waals surface area (Å²) >= 11 is 0. The van der Waals surface area contributed by atoms with Crippen molar-refractivity contribution < 1.29 is 22.7 Å². The van der Waals surface area contributed by atoms with E-state index < -0.39 is 29.2 Å². The molecule has 2 aromatic carbocycles. The molecule has 26 heavy (non-hydrogen) atoms. The summed E-state index contributed by atoms with van der Waals surface area (Å²) in [6, 6.07) is 5.65. The standard InChI is InChI=1S/C17H11F3N4O2/c1-2-7-26-9-3-5-12-10(8-9)16(24-23-12)22-17(25)21-13-6-4-11(18)14(19)15(13)20/h1,3-6,8H,7H2,(H3,21,22,23,24,25). The highest BCUT2D eigenvalue weighted by Crippen LogP contribution is 2.26. The maximum absolute atomic E-state index is 13.6. The van der Waals surface area contributed by atoms with E-state index >= 15 is 0 Å². The normalized spacial score (nSPS) is 10.4. The van der Waals surface area contributed by atoms with Crippen molar-refractivity contribution in [1.82, 2.24) is 10.2 Å². The van der Waals surface area contributed by atoms with Gasteiger partial charge in [0.1, 0.15) is 12.4 Å². The predicted molar refractivity (Wildman–Crippen MR) is 89.4 cm³/mol. The summed E-state index contributed by atoms with van der Waals surface area (Å²) in [7, 11) is 0. The summed E-state index contributed by atoms with van der Waals surface area (Å²) in [6.45, 7) is 0.0714. The number of anilines is 2. The van der Waals surface area contributed by atoms with Crippen LogP contribution in [0.4, 0.5) is 29.5 Å². The number of carbonyl (C=O) groups is 1. The molecule has 0 aliphatic carbocycles. The molecule has 0 atom stereocenters. The van der Waals surface area contributed by atoms with Crippen molar-refractivity contribution >= 4 is 28.4 Å². The van der Waals surface area contributed by atoms with Gasteiger partial charge in [-0.15, -0.1) is 6.42 Å². The Balaban J connectivity index is 1.79. The third kappa shape index (κ3) is 3.39. The van der Waals surface area contributed by atoms with Gasteiger partial charge in [-0.25, -0.2) is 18.0 Å². The minimum Gasteiger partial charge on any atom is -0.481 e. The summed E-state index contributed by atoms with van der Waals surface area (Å²) < 4.78 is 45.0. The van der Waals surface area contributed by atoms with E-state index in [-0.39, 0.29) is 12.4 Å². The van der Waals surface area contributed by atoms with Gasteiger partial charge < -0.3 is 10.1 Å². The molecule has 0 unspecified atom stereocenters. The highest BCUT2D eigenvalue weighted by molar-refractivity contribution is 6.04. The molecule has 2 amide bonds. The fourth-order valence-corrected chi connectivity index (χ4v) is 2.19. The number of benzene rings is 2. The number of fused-ring (bicyclic) bond motifs is 1. The number of aromatic amines is 1. The average molecular weight is 360 g/mol. The van der Waals surface area contributed by atoms with Crippen LogP contribution in [0.2, 0.25) is 0 Å². The highest BCUT2D eigenvalue weighted by Gasteiger charge is 2.16. The summed E-state index contributed by atoms with van der Waals surface area (Å²) in [5.74, 6) is -1.61. The van der Waals surface area contributed by atoms with Gasteiger partial charge in [0.05, 0.1) is 11.2 Å². The number of ether oxygens (including phenoxy) is 1. The second kappa shape index (κ2) is 7.06. The molecule has 1 aromatic heterocycles. The third-order valence-corrected chi connectivity index (χ3v) is 3.37. The first-order valence-corrected chi connectivity index (χ1v) is 7.25. The summed E-state index contributed by atoms with van der Waals surface area (Å²) in [4.78, 5) is 12.0. The zero-order chi connectivity index (χ0) is 18.7. The van der Waals surface area contributed by atoms with Crippen LogP contribution in [0.3, 0.4) is 0 Å². The van der Waals surface area contributed by atoms with Crippen LogP contribution in [0.25, 0.3) is 10.9 Å². The molecule has 3 rings (SSSR count). The van der Waals surface area contributed by atoms with E-state index in [0.29, 0.717) is 22.7 Å². The quantitative estimate of drug-likeness (QED) is 0.491. The molecule has 0 bridgehead atoms. The SMILES string of the molecule is C#CCOc1ccc2[nH]nc(NC(=O)Nc3ccc(F)c(F)c3F)c2c1. The zero-order valence-corrected chi connectivity index (χ0v) is 13.1. The second-order valence-corrected chi connectivity index (χ2v) is 5.07. The first kappa shape index (κ1) is 17.2. The summed E-state index contributed by atoms with van der Waals surface area (Å²) in [5, 5.41) is 11.6. The fourth-order valence-electron chi connectivity index (χ4n) is 2.19. The van der Waals surface area contributed by atoms with Gasteiger partial charge in [0.25, 0.3) is 0 Å². The number of halogens is 3. The summed E-state index contributed by atoms with van der Waals surface area (Å²) in [6.07, 6.45) is 5.13. The Morgan fingerprint density at radius 3 is 2.77 bits per heavy atom. The molecule has 9 heteroatoms. The van der Waals surface area contributed by atoms with Crippen molar-refractivity contribution in [3.8, 4) is 18.1 Å². The first-order valence-electron chi connectivity index (χ1n) is 7.25. The van der Waals surface area contributed by atoms with Gasteiger partial charge in [-0.2, -0.15) is 5.10 Å². The Bertz CT molecular complexity index is 1030. The molecule has 1 heterocycles. The molecule has 0 aliphatic heterocycles. The molecule has 132 valence electrons. The molecule has 0 radical (unpaired) electrons. The van der Waals surface area contributed by atoms with Crippen LogP contribution in [0, 0.1) is 29.8 Å². The smallest absolute Gasteiger partial charge is 0.324 e. The fraction of sp³-hybridized carbons (Fsp3) is 0.0588. The molecular weight excluding hydrogens is 349 g/mol. The number of hydrogen-bond acceptors (Lipinski definition) is 3. The van der Waals surface area contributed by atoms with Crippen LogP contribution in [0.5, 0.6) is 5.75 Å². The van der Waals surface area contributed by atoms with Gasteiger partial charge in [0.15, 0.2) is 23.3 Å². The Kier molecular flexibility index (Phi) is 4.66. The van der Waals surface area contributed by atoms with Crippen LogP contribution in [0.1, 0.15) is 0 Å². The molecule has 0 saturated heterocycles. The van der Waals surface area contributed by atoms with Gasteiger partial charge in [-0.1, -0.05) is 5.92 Å². The molecule has 0 aliphatic rings. The van der Waals surface area contributed by atoms with Gasteiger partial charge in [-0.05, 0) is 30.3 Å². The van der Waals surface area contributed by atoms with Crippen molar-refractivity contribution in [3.05, 3.63) is 47.8 Å². The van der Waals surface area contributed by atoms with Gasteiger partial charge in [-0.3, -0.25) is 10.4 Å². The number of terminal acetylenes is 1. The molecule has 0 spiro atoms. The van der Waals surface area contributed by atoms with Crippen molar-refractivity contribution in [2.24, 2.45) is 0 Å². The van der Waals surface area contributed by atoms with Crippen molar-refractivity contribution in [3.63, 3.8) is 0 Å². The number of nitrogens with zero attached hydrogens (tertiary/aromatic N) is 1. The molecule has 3 N–H and O–H groups in total. The molecular formula is C17H11F3N4O2. The average Bonchev–Trinajstić information content (AvgIpc) is 3.02.